The molecule has 0 radical (unpaired) electrons. The molecule has 4 heteroatoms. The molecule has 0 heterocycles. The smallest absolute Gasteiger partial charge is 0.335 e. The molecule has 2 fully saturated rings. The van der Waals surface area contributed by atoms with E-state index in [4.69, 9.17) is 10.2 Å². The van der Waals surface area contributed by atoms with Gasteiger partial charge in [-0.2, -0.15) is 0 Å². The van der Waals surface area contributed by atoms with E-state index >= 15 is 0 Å². The molecule has 2 saturated carbocycles. The Morgan fingerprint density at radius 3 is 1.47 bits per heavy atom. The lowest BCUT2D eigenvalue weighted by molar-refractivity contribution is 0.0548. The number of aromatic carboxylic acids is 2. The molecular formula is C15H18O4. The molecule has 0 atom stereocenters. The second-order valence-corrected chi connectivity index (χ2v) is 5.37. The number of carboxylic acid groups (broad SMARTS) is 2. The van der Waals surface area contributed by atoms with E-state index in [9.17, 15) is 9.59 Å². The third-order valence-corrected chi connectivity index (χ3v) is 4.05. The average Bonchev–Trinajstić information content (AvgIpc) is 2.33. The van der Waals surface area contributed by atoms with Gasteiger partial charge in [0, 0.05) is 0 Å². The Kier molecular flexibility index (Phi) is 3.88. The van der Waals surface area contributed by atoms with Gasteiger partial charge >= 0.3 is 11.9 Å². The molecule has 102 valence electrons. The Morgan fingerprint density at radius 1 is 0.895 bits per heavy atom. The van der Waals surface area contributed by atoms with Crippen LogP contribution >= 0.6 is 0 Å². The first-order chi connectivity index (χ1) is 8.97. The van der Waals surface area contributed by atoms with E-state index in [-0.39, 0.29) is 11.1 Å². The van der Waals surface area contributed by atoms with Gasteiger partial charge in [-0.05, 0) is 68.2 Å². The maximum absolute atomic E-state index is 10.5. The molecule has 2 N–H and O–H groups in total. The zero-order valence-electron chi connectivity index (χ0n) is 10.9. The summed E-state index contributed by atoms with van der Waals surface area (Å²) in [4.78, 5) is 21.1. The maximum atomic E-state index is 10.5. The van der Waals surface area contributed by atoms with Gasteiger partial charge in [0.1, 0.15) is 0 Å². The summed E-state index contributed by atoms with van der Waals surface area (Å²) in [5.74, 6) is 0.187. The van der Waals surface area contributed by atoms with E-state index in [1.807, 2.05) is 0 Å². The van der Waals surface area contributed by atoms with Gasteiger partial charge in [-0.1, -0.05) is 0 Å². The first-order valence-electron chi connectivity index (χ1n) is 6.55. The number of rotatable bonds is 2. The molecule has 1 aromatic carbocycles. The minimum atomic E-state index is -1.12. The van der Waals surface area contributed by atoms with Crippen LogP contribution in [0.3, 0.4) is 0 Å². The van der Waals surface area contributed by atoms with E-state index in [1.54, 1.807) is 32.6 Å². The molecule has 0 spiro atoms. The number of fused-ring (bicyclic) bond motifs is 1. The molecule has 0 saturated heterocycles. The summed E-state index contributed by atoms with van der Waals surface area (Å²) in [5, 5.41) is 17.2. The number of benzene rings is 1. The Hall–Kier alpha value is -1.84. The normalized spacial score (nSPS) is 23.0. The van der Waals surface area contributed by atoms with Crippen LogP contribution in [0.15, 0.2) is 18.2 Å². The summed E-state index contributed by atoms with van der Waals surface area (Å²) < 4.78 is 0. The van der Waals surface area contributed by atoms with E-state index < -0.39 is 11.9 Å². The standard InChI is InChI=1S/C9H8O4.C6H10/c1-5-2-6(8(10)11)4-7(3-5)9(12)13;1-2-6-4-3-5(1)6/h2-4H,1H3,(H,10,11)(H,12,13);5-6H,1-4H2. The molecule has 0 bridgehead atoms. The lowest BCUT2D eigenvalue weighted by Gasteiger charge is -2.46. The van der Waals surface area contributed by atoms with Crippen LogP contribution in [0.1, 0.15) is 52.0 Å². The van der Waals surface area contributed by atoms with Gasteiger partial charge in [0.05, 0.1) is 11.1 Å². The molecule has 3 rings (SSSR count). The van der Waals surface area contributed by atoms with Gasteiger partial charge in [-0.3, -0.25) is 0 Å². The van der Waals surface area contributed by atoms with Gasteiger partial charge < -0.3 is 10.2 Å². The van der Waals surface area contributed by atoms with Crippen molar-refractivity contribution in [2.45, 2.75) is 32.6 Å². The highest BCUT2D eigenvalue weighted by atomic mass is 16.4. The second-order valence-electron chi connectivity index (χ2n) is 5.37. The molecule has 2 aliphatic carbocycles. The van der Waals surface area contributed by atoms with Crippen molar-refractivity contribution in [1.82, 2.24) is 0 Å². The van der Waals surface area contributed by atoms with Gasteiger partial charge in [-0.25, -0.2) is 9.59 Å². The maximum Gasteiger partial charge on any atom is 0.335 e. The van der Waals surface area contributed by atoms with Crippen LogP contribution in [0.5, 0.6) is 0 Å². The van der Waals surface area contributed by atoms with E-state index in [2.05, 4.69) is 0 Å². The molecule has 4 nitrogen and oxygen atoms in total. The monoisotopic (exact) mass is 262 g/mol. The predicted octanol–water partition coefficient (Wildman–Crippen LogP) is 3.20. The third kappa shape index (κ3) is 3.13. The van der Waals surface area contributed by atoms with Gasteiger partial charge in [-0.15, -0.1) is 0 Å². The zero-order chi connectivity index (χ0) is 14.0. The minimum absolute atomic E-state index is 0.00241. The van der Waals surface area contributed by atoms with Crippen molar-refractivity contribution < 1.29 is 19.8 Å². The summed E-state index contributed by atoms with van der Waals surface area (Å²) in [6.45, 7) is 1.65. The molecule has 0 amide bonds. The summed E-state index contributed by atoms with van der Waals surface area (Å²) >= 11 is 0. The number of carboxylic acids is 2. The Morgan fingerprint density at radius 2 is 1.26 bits per heavy atom. The highest BCUT2D eigenvalue weighted by molar-refractivity contribution is 5.94. The van der Waals surface area contributed by atoms with Crippen molar-refractivity contribution >= 4 is 11.9 Å². The molecule has 1 aromatic rings. The van der Waals surface area contributed by atoms with Crippen LogP contribution in [-0.4, -0.2) is 22.2 Å². The van der Waals surface area contributed by atoms with Crippen LogP contribution in [0.2, 0.25) is 0 Å². The van der Waals surface area contributed by atoms with E-state index in [0.29, 0.717) is 5.56 Å². The van der Waals surface area contributed by atoms with Crippen molar-refractivity contribution in [3.8, 4) is 0 Å². The Balaban J connectivity index is 0.000000180. The number of carbonyl (C=O) groups is 2. The van der Waals surface area contributed by atoms with Crippen LogP contribution < -0.4 is 0 Å². The fourth-order valence-electron chi connectivity index (χ4n) is 2.59. The number of aryl methyl sites for hydroxylation is 1. The lowest BCUT2D eigenvalue weighted by Crippen LogP contribution is -2.34. The molecule has 19 heavy (non-hydrogen) atoms. The van der Waals surface area contributed by atoms with Crippen LogP contribution in [0.4, 0.5) is 0 Å². The molecule has 0 aromatic heterocycles. The average molecular weight is 262 g/mol. The summed E-state index contributed by atoms with van der Waals surface area (Å²) in [7, 11) is 0. The topological polar surface area (TPSA) is 74.6 Å². The zero-order valence-corrected chi connectivity index (χ0v) is 10.9. The molecule has 0 aliphatic heterocycles. The second kappa shape index (κ2) is 5.43. The molecule has 0 unspecified atom stereocenters. The van der Waals surface area contributed by atoms with Crippen molar-refractivity contribution in [2.24, 2.45) is 11.8 Å². The Bertz CT molecular complexity index is 457. The third-order valence-electron chi connectivity index (χ3n) is 4.05. The summed E-state index contributed by atoms with van der Waals surface area (Å²) in [6.07, 6.45) is 6.24. The summed E-state index contributed by atoms with van der Waals surface area (Å²) in [5.41, 5.74) is 0.618. The largest absolute Gasteiger partial charge is 0.478 e. The van der Waals surface area contributed by atoms with Crippen LogP contribution in [0.25, 0.3) is 0 Å². The van der Waals surface area contributed by atoms with E-state index in [0.717, 1.165) is 6.07 Å². The highest BCUT2D eigenvalue weighted by Crippen LogP contribution is 2.49. The van der Waals surface area contributed by atoms with Crippen molar-refractivity contribution in [3.63, 3.8) is 0 Å². The van der Waals surface area contributed by atoms with Gasteiger partial charge in [0.2, 0.25) is 0 Å². The van der Waals surface area contributed by atoms with Crippen LogP contribution in [0, 0.1) is 18.8 Å². The van der Waals surface area contributed by atoms with Crippen molar-refractivity contribution in [1.29, 1.82) is 0 Å². The van der Waals surface area contributed by atoms with Gasteiger partial charge in [0.15, 0.2) is 0 Å². The first-order valence-corrected chi connectivity index (χ1v) is 6.55. The molecular weight excluding hydrogens is 244 g/mol. The predicted molar refractivity (Wildman–Crippen MR) is 70.5 cm³/mol. The van der Waals surface area contributed by atoms with E-state index in [1.165, 1.54) is 24.0 Å². The van der Waals surface area contributed by atoms with Crippen LogP contribution in [-0.2, 0) is 0 Å². The van der Waals surface area contributed by atoms with Crippen molar-refractivity contribution in [3.05, 3.63) is 34.9 Å². The quantitative estimate of drug-likeness (QED) is 0.858. The SMILES string of the molecule is C1CC2CCC12.Cc1cc(C(=O)O)cc(C(=O)O)c1. The first kappa shape index (κ1) is 13.6. The lowest BCUT2D eigenvalue weighted by atomic mass is 9.60. The Labute approximate surface area is 112 Å². The number of hydrogen-bond acceptors (Lipinski definition) is 2. The fourth-order valence-corrected chi connectivity index (χ4v) is 2.59. The molecule has 2 aliphatic rings. The minimum Gasteiger partial charge on any atom is -0.478 e. The highest BCUT2D eigenvalue weighted by Gasteiger charge is 2.37. The fraction of sp³-hybridized carbons (Fsp3) is 0.467. The van der Waals surface area contributed by atoms with Gasteiger partial charge in [0.25, 0.3) is 0 Å². The summed E-state index contributed by atoms with van der Waals surface area (Å²) in [6, 6.07) is 3.99. The van der Waals surface area contributed by atoms with Crippen molar-refractivity contribution in [2.75, 3.05) is 0 Å². The number of hydrogen-bond donors (Lipinski definition) is 2.